The van der Waals surface area contributed by atoms with E-state index in [9.17, 15) is 4.79 Å². The number of carbonyl (C=O) groups excluding carboxylic acids is 1. The average molecular weight is 323 g/mol. The summed E-state index contributed by atoms with van der Waals surface area (Å²) < 4.78 is 5.12. The van der Waals surface area contributed by atoms with Gasteiger partial charge in [0.2, 0.25) is 11.8 Å². The standard InChI is InChI=1S/C16H29N5O2/c1-12(2)16-18-14(19-23-16)11-17-15(22)6-5-13(3)21-9-7-20(4)8-10-21/h12-13H,5-11H2,1-4H3,(H,17,22)/t13-/m1/s1. The second-order valence-electron chi connectivity index (χ2n) is 6.71. The van der Waals surface area contributed by atoms with Crippen LogP contribution >= 0.6 is 0 Å². The third-order valence-electron chi connectivity index (χ3n) is 4.37. The van der Waals surface area contributed by atoms with E-state index in [1.54, 1.807) is 0 Å². The smallest absolute Gasteiger partial charge is 0.229 e. The summed E-state index contributed by atoms with van der Waals surface area (Å²) in [5, 5.41) is 6.74. The molecule has 130 valence electrons. The minimum Gasteiger partial charge on any atom is -0.349 e. The second kappa shape index (κ2) is 8.40. The summed E-state index contributed by atoms with van der Waals surface area (Å²) in [5.74, 6) is 1.39. The molecule has 0 radical (unpaired) electrons. The summed E-state index contributed by atoms with van der Waals surface area (Å²) >= 11 is 0. The van der Waals surface area contributed by atoms with Crippen molar-refractivity contribution in [2.24, 2.45) is 0 Å². The van der Waals surface area contributed by atoms with Crippen LogP contribution in [0.3, 0.4) is 0 Å². The van der Waals surface area contributed by atoms with Gasteiger partial charge in [-0.2, -0.15) is 4.98 Å². The van der Waals surface area contributed by atoms with Crippen LogP contribution in [-0.4, -0.2) is 65.1 Å². The van der Waals surface area contributed by atoms with Gasteiger partial charge in [0.05, 0.1) is 6.54 Å². The van der Waals surface area contributed by atoms with E-state index in [-0.39, 0.29) is 11.8 Å². The highest BCUT2D eigenvalue weighted by atomic mass is 16.5. The molecule has 1 aliphatic rings. The Morgan fingerprint density at radius 2 is 1.96 bits per heavy atom. The first kappa shape index (κ1) is 17.9. The molecule has 1 N–H and O–H groups in total. The Bertz CT molecular complexity index is 494. The molecule has 7 heteroatoms. The average Bonchev–Trinajstić information content (AvgIpc) is 3.00. The topological polar surface area (TPSA) is 74.5 Å². The lowest BCUT2D eigenvalue weighted by Crippen LogP contribution is -2.48. The SMILES string of the molecule is CC(C)c1nc(CNC(=O)CC[C@@H](C)N2CCN(C)CC2)no1. The van der Waals surface area contributed by atoms with Crippen molar-refractivity contribution in [1.82, 2.24) is 25.3 Å². The predicted molar refractivity (Wildman–Crippen MR) is 88.0 cm³/mol. The molecule has 1 aromatic rings. The third-order valence-corrected chi connectivity index (χ3v) is 4.37. The van der Waals surface area contributed by atoms with Gasteiger partial charge in [0.1, 0.15) is 0 Å². The van der Waals surface area contributed by atoms with E-state index in [4.69, 9.17) is 4.52 Å². The van der Waals surface area contributed by atoms with Crippen molar-refractivity contribution in [2.75, 3.05) is 33.2 Å². The fourth-order valence-corrected chi connectivity index (χ4v) is 2.63. The Morgan fingerprint density at radius 3 is 2.57 bits per heavy atom. The minimum absolute atomic E-state index is 0.0434. The summed E-state index contributed by atoms with van der Waals surface area (Å²) in [6.07, 6.45) is 1.40. The maximum atomic E-state index is 12.0. The molecule has 0 saturated carbocycles. The Balaban J connectivity index is 1.66. The van der Waals surface area contributed by atoms with Crippen LogP contribution in [0.5, 0.6) is 0 Å². The number of likely N-dealkylation sites (N-methyl/N-ethyl adjacent to an activating group) is 1. The predicted octanol–water partition coefficient (Wildman–Crippen LogP) is 1.23. The van der Waals surface area contributed by atoms with Gasteiger partial charge in [-0.1, -0.05) is 19.0 Å². The van der Waals surface area contributed by atoms with Gasteiger partial charge in [0.15, 0.2) is 5.82 Å². The number of carbonyl (C=O) groups is 1. The summed E-state index contributed by atoms with van der Waals surface area (Å²) in [4.78, 5) is 21.0. The summed E-state index contributed by atoms with van der Waals surface area (Å²) in [6, 6.07) is 0.437. The van der Waals surface area contributed by atoms with Crippen LogP contribution in [0.4, 0.5) is 0 Å². The first-order valence-electron chi connectivity index (χ1n) is 8.47. The van der Waals surface area contributed by atoms with Gasteiger partial charge in [0.25, 0.3) is 0 Å². The first-order chi connectivity index (χ1) is 11.0. The molecule has 0 aliphatic carbocycles. The van der Waals surface area contributed by atoms with E-state index in [0.717, 1.165) is 32.6 Å². The molecule has 1 atom stereocenters. The van der Waals surface area contributed by atoms with E-state index >= 15 is 0 Å². The van der Waals surface area contributed by atoms with Crippen LogP contribution in [-0.2, 0) is 11.3 Å². The Labute approximate surface area is 138 Å². The van der Waals surface area contributed by atoms with E-state index < -0.39 is 0 Å². The molecule has 1 aromatic heterocycles. The van der Waals surface area contributed by atoms with Gasteiger partial charge in [0, 0.05) is 44.6 Å². The molecule has 1 aliphatic heterocycles. The molecule has 1 fully saturated rings. The fourth-order valence-electron chi connectivity index (χ4n) is 2.63. The molecular formula is C16H29N5O2. The molecule has 1 amide bonds. The lowest BCUT2D eigenvalue weighted by atomic mass is 10.1. The number of amides is 1. The molecular weight excluding hydrogens is 294 g/mol. The minimum atomic E-state index is 0.0434. The molecule has 2 rings (SSSR count). The number of hydrogen-bond donors (Lipinski definition) is 1. The number of aromatic nitrogens is 2. The number of piperazine rings is 1. The zero-order chi connectivity index (χ0) is 16.8. The van der Waals surface area contributed by atoms with E-state index in [1.807, 2.05) is 13.8 Å². The summed E-state index contributed by atoms with van der Waals surface area (Å²) in [7, 11) is 2.15. The molecule has 0 bridgehead atoms. The molecule has 23 heavy (non-hydrogen) atoms. The lowest BCUT2D eigenvalue weighted by molar-refractivity contribution is -0.121. The highest BCUT2D eigenvalue weighted by Gasteiger charge is 2.19. The number of nitrogens with zero attached hydrogens (tertiary/aromatic N) is 4. The van der Waals surface area contributed by atoms with Crippen molar-refractivity contribution < 1.29 is 9.32 Å². The maximum Gasteiger partial charge on any atom is 0.229 e. The van der Waals surface area contributed by atoms with Crippen molar-refractivity contribution in [2.45, 2.75) is 52.1 Å². The zero-order valence-electron chi connectivity index (χ0n) is 14.7. The van der Waals surface area contributed by atoms with Gasteiger partial charge in [-0.15, -0.1) is 0 Å². The van der Waals surface area contributed by atoms with Gasteiger partial charge >= 0.3 is 0 Å². The molecule has 2 heterocycles. The van der Waals surface area contributed by atoms with Crippen molar-refractivity contribution in [3.8, 4) is 0 Å². The number of rotatable bonds is 7. The van der Waals surface area contributed by atoms with Crippen LogP contribution in [0.25, 0.3) is 0 Å². The van der Waals surface area contributed by atoms with Crippen LogP contribution in [0.15, 0.2) is 4.52 Å². The number of hydrogen-bond acceptors (Lipinski definition) is 6. The Morgan fingerprint density at radius 1 is 1.26 bits per heavy atom. The van der Waals surface area contributed by atoms with Gasteiger partial charge < -0.3 is 14.7 Å². The third kappa shape index (κ3) is 5.58. The Hall–Kier alpha value is -1.47. The normalized spacial score (nSPS) is 18.3. The highest BCUT2D eigenvalue weighted by molar-refractivity contribution is 5.75. The second-order valence-corrected chi connectivity index (χ2v) is 6.71. The zero-order valence-corrected chi connectivity index (χ0v) is 14.7. The van der Waals surface area contributed by atoms with Gasteiger partial charge in [-0.25, -0.2) is 0 Å². The molecule has 1 saturated heterocycles. The van der Waals surface area contributed by atoms with Crippen molar-refractivity contribution in [3.63, 3.8) is 0 Å². The van der Waals surface area contributed by atoms with Crippen LogP contribution in [0.1, 0.15) is 51.2 Å². The molecule has 0 spiro atoms. The van der Waals surface area contributed by atoms with Crippen molar-refractivity contribution in [3.05, 3.63) is 11.7 Å². The van der Waals surface area contributed by atoms with E-state index in [2.05, 4.69) is 39.2 Å². The molecule has 0 unspecified atom stereocenters. The summed E-state index contributed by atoms with van der Waals surface area (Å²) in [6.45, 7) is 10.9. The van der Waals surface area contributed by atoms with Crippen LogP contribution < -0.4 is 5.32 Å². The largest absolute Gasteiger partial charge is 0.349 e. The quantitative estimate of drug-likeness (QED) is 0.813. The van der Waals surface area contributed by atoms with Crippen molar-refractivity contribution in [1.29, 1.82) is 0 Å². The van der Waals surface area contributed by atoms with Gasteiger partial charge in [-0.05, 0) is 20.4 Å². The van der Waals surface area contributed by atoms with Crippen molar-refractivity contribution >= 4 is 5.91 Å². The monoisotopic (exact) mass is 323 g/mol. The number of nitrogens with one attached hydrogen (secondary N) is 1. The maximum absolute atomic E-state index is 12.0. The van der Waals surface area contributed by atoms with E-state index in [0.29, 0.717) is 30.7 Å². The molecule has 7 nitrogen and oxygen atoms in total. The molecule has 0 aromatic carbocycles. The lowest BCUT2D eigenvalue weighted by Gasteiger charge is -2.36. The fraction of sp³-hybridized carbons (Fsp3) is 0.812. The van der Waals surface area contributed by atoms with Gasteiger partial charge in [-0.3, -0.25) is 9.69 Å². The first-order valence-corrected chi connectivity index (χ1v) is 8.47. The van der Waals surface area contributed by atoms with Crippen LogP contribution in [0, 0.1) is 0 Å². The van der Waals surface area contributed by atoms with Crippen LogP contribution in [0.2, 0.25) is 0 Å². The Kier molecular flexibility index (Phi) is 6.53. The van der Waals surface area contributed by atoms with E-state index in [1.165, 1.54) is 0 Å². The summed E-state index contributed by atoms with van der Waals surface area (Å²) in [5.41, 5.74) is 0. The highest BCUT2D eigenvalue weighted by Crippen LogP contribution is 2.11.